The normalized spacial score (nSPS) is 16.3. The number of carbonyl (C=O) groups excluding carboxylic acids is 1. The highest BCUT2D eigenvalue weighted by atomic mass is 19.4. The molecule has 5 nitrogen and oxygen atoms in total. The summed E-state index contributed by atoms with van der Waals surface area (Å²) < 4.78 is 42.8. The molecular formula is C15H20F3N3O2. The minimum atomic E-state index is -4.39. The molecule has 1 saturated heterocycles. The number of hydrogen-bond donors (Lipinski definition) is 1. The van der Waals surface area contributed by atoms with Gasteiger partial charge in [-0.3, -0.25) is 0 Å². The van der Waals surface area contributed by atoms with E-state index < -0.39 is 11.7 Å². The van der Waals surface area contributed by atoms with Crippen LogP contribution in [-0.2, 0) is 6.18 Å². The Morgan fingerprint density at radius 1 is 1.39 bits per heavy atom. The highest BCUT2D eigenvalue weighted by molar-refractivity contribution is 5.74. The molecule has 2 heterocycles. The van der Waals surface area contributed by atoms with Gasteiger partial charge < -0.3 is 15.0 Å². The zero-order valence-corrected chi connectivity index (χ0v) is 12.9. The lowest BCUT2D eigenvalue weighted by Crippen LogP contribution is -2.45. The van der Waals surface area contributed by atoms with Crippen LogP contribution < -0.4 is 10.1 Å². The first-order valence-corrected chi connectivity index (χ1v) is 7.59. The van der Waals surface area contributed by atoms with Gasteiger partial charge in [0.1, 0.15) is 0 Å². The zero-order chi connectivity index (χ0) is 16.9. The fraction of sp³-hybridized carbons (Fsp3) is 0.600. The summed E-state index contributed by atoms with van der Waals surface area (Å²) in [6.07, 6.45) is -2.01. The molecule has 1 aliphatic heterocycles. The number of nitrogens with one attached hydrogen (secondary N) is 1. The van der Waals surface area contributed by atoms with Gasteiger partial charge in [-0.1, -0.05) is 0 Å². The van der Waals surface area contributed by atoms with Crippen molar-refractivity contribution in [2.75, 3.05) is 26.2 Å². The van der Waals surface area contributed by atoms with Crippen LogP contribution in [0.3, 0.4) is 0 Å². The number of alkyl halides is 3. The van der Waals surface area contributed by atoms with Gasteiger partial charge in [0.25, 0.3) is 0 Å². The number of rotatable bonds is 4. The summed E-state index contributed by atoms with van der Waals surface area (Å²) in [6, 6.07) is 2.13. The molecule has 128 valence electrons. The second kappa shape index (κ2) is 7.52. The average Bonchev–Trinajstić information content (AvgIpc) is 2.53. The quantitative estimate of drug-likeness (QED) is 0.923. The van der Waals surface area contributed by atoms with E-state index in [0.29, 0.717) is 26.2 Å². The first kappa shape index (κ1) is 17.4. The largest absolute Gasteiger partial charge is 0.477 e. The molecule has 0 radical (unpaired) electrons. The van der Waals surface area contributed by atoms with E-state index in [1.807, 2.05) is 6.92 Å². The van der Waals surface area contributed by atoms with E-state index in [2.05, 4.69) is 10.3 Å². The molecule has 0 aromatic carbocycles. The number of nitrogens with zero attached hydrogens (tertiary/aromatic N) is 2. The number of likely N-dealkylation sites (tertiary alicyclic amines) is 1. The van der Waals surface area contributed by atoms with Crippen LogP contribution in [-0.4, -0.2) is 42.2 Å². The molecule has 0 aliphatic carbocycles. The summed E-state index contributed by atoms with van der Waals surface area (Å²) in [5.74, 6) is 0.453. The van der Waals surface area contributed by atoms with Gasteiger partial charge >= 0.3 is 12.2 Å². The lowest BCUT2D eigenvalue weighted by atomic mass is 9.98. The van der Waals surface area contributed by atoms with Crippen LogP contribution in [0.2, 0.25) is 0 Å². The molecule has 0 saturated carbocycles. The van der Waals surface area contributed by atoms with E-state index in [0.717, 1.165) is 25.1 Å². The first-order chi connectivity index (χ1) is 10.9. The van der Waals surface area contributed by atoms with Crippen LogP contribution in [0, 0.1) is 5.92 Å². The van der Waals surface area contributed by atoms with Gasteiger partial charge in [-0.25, -0.2) is 9.78 Å². The lowest BCUT2D eigenvalue weighted by Gasteiger charge is -2.31. The maximum atomic E-state index is 12.4. The highest BCUT2D eigenvalue weighted by Gasteiger charge is 2.30. The molecular weight excluding hydrogens is 311 g/mol. The van der Waals surface area contributed by atoms with E-state index in [1.165, 1.54) is 6.07 Å². The van der Waals surface area contributed by atoms with E-state index in [9.17, 15) is 18.0 Å². The van der Waals surface area contributed by atoms with E-state index >= 15 is 0 Å². The van der Waals surface area contributed by atoms with Crippen LogP contribution in [0.4, 0.5) is 18.0 Å². The van der Waals surface area contributed by atoms with Gasteiger partial charge in [0.2, 0.25) is 5.88 Å². The number of carbonyl (C=O) groups is 1. The molecule has 1 aromatic rings. The maximum Gasteiger partial charge on any atom is 0.417 e. The molecule has 1 aromatic heterocycles. The van der Waals surface area contributed by atoms with Crippen molar-refractivity contribution >= 4 is 6.03 Å². The molecule has 1 fully saturated rings. The Balaban J connectivity index is 1.76. The van der Waals surface area contributed by atoms with Crippen LogP contribution in [0.15, 0.2) is 18.3 Å². The molecule has 8 heteroatoms. The fourth-order valence-electron chi connectivity index (χ4n) is 2.40. The molecule has 23 heavy (non-hydrogen) atoms. The second-order valence-electron chi connectivity index (χ2n) is 5.46. The number of urea groups is 1. The van der Waals surface area contributed by atoms with Crippen molar-refractivity contribution in [3.05, 3.63) is 23.9 Å². The van der Waals surface area contributed by atoms with Crippen LogP contribution in [0.25, 0.3) is 0 Å². The monoisotopic (exact) mass is 331 g/mol. The molecule has 0 atom stereocenters. The Morgan fingerprint density at radius 2 is 2.09 bits per heavy atom. The van der Waals surface area contributed by atoms with Crippen LogP contribution in [0.5, 0.6) is 5.88 Å². The van der Waals surface area contributed by atoms with Crippen molar-refractivity contribution in [1.82, 2.24) is 15.2 Å². The molecule has 2 amide bonds. The number of hydrogen-bond acceptors (Lipinski definition) is 3. The smallest absolute Gasteiger partial charge is 0.417 e. The molecule has 1 aliphatic rings. The van der Waals surface area contributed by atoms with Crippen LogP contribution in [0.1, 0.15) is 25.3 Å². The van der Waals surface area contributed by atoms with Crippen molar-refractivity contribution in [2.45, 2.75) is 25.9 Å². The summed E-state index contributed by atoms with van der Waals surface area (Å²) in [7, 11) is 0. The van der Waals surface area contributed by atoms with Crippen molar-refractivity contribution in [3.63, 3.8) is 0 Å². The van der Waals surface area contributed by atoms with Gasteiger partial charge in [0.15, 0.2) is 0 Å². The van der Waals surface area contributed by atoms with E-state index in [1.54, 1.807) is 4.90 Å². The third-order valence-electron chi connectivity index (χ3n) is 3.76. The van der Waals surface area contributed by atoms with Gasteiger partial charge in [-0.2, -0.15) is 13.2 Å². The third-order valence-corrected chi connectivity index (χ3v) is 3.76. The lowest BCUT2D eigenvalue weighted by molar-refractivity contribution is -0.137. The molecule has 0 unspecified atom stereocenters. The number of pyridine rings is 1. The predicted octanol–water partition coefficient (Wildman–Crippen LogP) is 2.92. The Bertz CT molecular complexity index is 512. The molecule has 1 N–H and O–H groups in total. The summed E-state index contributed by atoms with van der Waals surface area (Å²) in [4.78, 5) is 17.1. The van der Waals surface area contributed by atoms with Gasteiger partial charge in [0, 0.05) is 31.9 Å². The predicted molar refractivity (Wildman–Crippen MR) is 78.1 cm³/mol. The number of piperidine rings is 1. The number of amides is 2. The third kappa shape index (κ3) is 5.01. The highest BCUT2D eigenvalue weighted by Crippen LogP contribution is 2.29. The standard InChI is InChI=1S/C15H20F3N3O2/c1-2-19-14(22)21-7-5-11(6-8-21)10-23-13-4-3-12(9-20-13)15(16,17)18/h3-4,9,11H,2,5-8,10H2,1H3,(H,19,22). The van der Waals surface area contributed by atoms with Gasteiger partial charge in [-0.15, -0.1) is 0 Å². The first-order valence-electron chi connectivity index (χ1n) is 7.59. The van der Waals surface area contributed by atoms with Crippen LogP contribution >= 0.6 is 0 Å². The molecule has 0 bridgehead atoms. The maximum absolute atomic E-state index is 12.4. The van der Waals surface area contributed by atoms with E-state index in [-0.39, 0.29) is 17.8 Å². The minimum absolute atomic E-state index is 0.0590. The van der Waals surface area contributed by atoms with Gasteiger partial charge in [0.05, 0.1) is 12.2 Å². The van der Waals surface area contributed by atoms with Crippen molar-refractivity contribution < 1.29 is 22.7 Å². The SMILES string of the molecule is CCNC(=O)N1CCC(COc2ccc(C(F)(F)F)cn2)CC1. The van der Waals surface area contributed by atoms with E-state index in [4.69, 9.17) is 4.74 Å². The number of ether oxygens (including phenoxy) is 1. The zero-order valence-electron chi connectivity index (χ0n) is 12.9. The molecule has 0 spiro atoms. The van der Waals surface area contributed by atoms with Crippen molar-refractivity contribution in [2.24, 2.45) is 5.92 Å². The summed E-state index contributed by atoms with van der Waals surface area (Å²) >= 11 is 0. The second-order valence-corrected chi connectivity index (χ2v) is 5.46. The number of halogens is 3. The minimum Gasteiger partial charge on any atom is -0.477 e. The summed E-state index contributed by atoms with van der Waals surface area (Å²) in [6.45, 7) is 4.17. The summed E-state index contributed by atoms with van der Waals surface area (Å²) in [5.41, 5.74) is -0.792. The summed E-state index contributed by atoms with van der Waals surface area (Å²) in [5, 5.41) is 2.76. The Morgan fingerprint density at radius 3 is 2.61 bits per heavy atom. The fourth-order valence-corrected chi connectivity index (χ4v) is 2.40. The van der Waals surface area contributed by atoms with Crippen molar-refractivity contribution in [1.29, 1.82) is 0 Å². The average molecular weight is 331 g/mol. The van der Waals surface area contributed by atoms with Gasteiger partial charge in [-0.05, 0) is 31.7 Å². The Hall–Kier alpha value is -1.99. The Labute approximate surface area is 132 Å². The number of aromatic nitrogens is 1. The van der Waals surface area contributed by atoms with Crippen molar-refractivity contribution in [3.8, 4) is 5.88 Å². The Kier molecular flexibility index (Phi) is 5.68. The topological polar surface area (TPSA) is 54.5 Å². The molecule has 2 rings (SSSR count).